The highest BCUT2D eigenvalue weighted by molar-refractivity contribution is 5.85. The number of para-hydroxylation sites is 1. The fraction of sp³-hybridized carbons (Fsp3) is 0.438. The maximum atomic E-state index is 6.35. The molecule has 2 aromatic rings. The zero-order valence-corrected chi connectivity index (χ0v) is 11.4. The lowest BCUT2D eigenvalue weighted by Gasteiger charge is -2.24. The third-order valence-electron chi connectivity index (χ3n) is 3.92. The number of hydrogen-bond acceptors (Lipinski definition) is 3. The molecule has 0 spiro atoms. The topological polar surface area (TPSA) is 48.1 Å². The normalized spacial score (nSPS) is 17.8. The van der Waals surface area contributed by atoms with Crippen molar-refractivity contribution in [1.29, 1.82) is 0 Å². The minimum absolute atomic E-state index is 0.141. The number of aromatic nitrogens is 1. The fourth-order valence-corrected chi connectivity index (χ4v) is 2.83. The minimum Gasteiger partial charge on any atom is -0.491 e. The van der Waals surface area contributed by atoms with E-state index in [0.717, 1.165) is 35.2 Å². The van der Waals surface area contributed by atoms with Gasteiger partial charge in [0, 0.05) is 17.1 Å². The molecule has 1 heterocycles. The van der Waals surface area contributed by atoms with Gasteiger partial charge in [-0.25, -0.2) is 0 Å². The largest absolute Gasteiger partial charge is 0.491 e. The molecule has 0 saturated heterocycles. The first kappa shape index (κ1) is 12.4. The van der Waals surface area contributed by atoms with E-state index in [1.165, 1.54) is 12.8 Å². The van der Waals surface area contributed by atoms with E-state index in [2.05, 4.69) is 11.1 Å². The fourth-order valence-electron chi connectivity index (χ4n) is 2.83. The lowest BCUT2D eigenvalue weighted by Crippen LogP contribution is -2.42. The zero-order valence-electron chi connectivity index (χ0n) is 11.4. The number of nitrogens with two attached hydrogens (primary N) is 1. The van der Waals surface area contributed by atoms with Gasteiger partial charge in [0.15, 0.2) is 0 Å². The van der Waals surface area contributed by atoms with Crippen molar-refractivity contribution in [1.82, 2.24) is 4.98 Å². The quantitative estimate of drug-likeness (QED) is 0.917. The number of hydrogen-bond donors (Lipinski definition) is 1. The van der Waals surface area contributed by atoms with Crippen molar-refractivity contribution in [2.75, 3.05) is 6.61 Å². The molecule has 0 atom stereocenters. The van der Waals surface area contributed by atoms with Crippen LogP contribution in [0.15, 0.2) is 30.3 Å². The van der Waals surface area contributed by atoms with E-state index >= 15 is 0 Å². The van der Waals surface area contributed by atoms with Crippen LogP contribution in [0.4, 0.5) is 0 Å². The van der Waals surface area contributed by atoms with E-state index in [-0.39, 0.29) is 5.54 Å². The molecule has 1 aliphatic rings. The smallest absolute Gasteiger partial charge is 0.130 e. The summed E-state index contributed by atoms with van der Waals surface area (Å²) in [6.07, 6.45) is 4.57. The highest BCUT2D eigenvalue weighted by Crippen LogP contribution is 2.30. The molecule has 100 valence electrons. The summed E-state index contributed by atoms with van der Waals surface area (Å²) in [4.78, 5) is 4.52. The van der Waals surface area contributed by atoms with Crippen LogP contribution in [-0.2, 0) is 0 Å². The van der Waals surface area contributed by atoms with Gasteiger partial charge < -0.3 is 10.5 Å². The van der Waals surface area contributed by atoms with Crippen LogP contribution in [0.25, 0.3) is 10.9 Å². The van der Waals surface area contributed by atoms with Gasteiger partial charge in [0.25, 0.3) is 0 Å². The monoisotopic (exact) mass is 256 g/mol. The summed E-state index contributed by atoms with van der Waals surface area (Å²) >= 11 is 0. The van der Waals surface area contributed by atoms with Crippen molar-refractivity contribution in [2.45, 2.75) is 38.1 Å². The summed E-state index contributed by atoms with van der Waals surface area (Å²) in [6.45, 7) is 2.59. The number of nitrogens with zero attached hydrogens (tertiary/aromatic N) is 1. The van der Waals surface area contributed by atoms with Crippen molar-refractivity contribution in [2.24, 2.45) is 5.73 Å². The average molecular weight is 256 g/mol. The van der Waals surface area contributed by atoms with Gasteiger partial charge in [0.05, 0.1) is 11.1 Å². The van der Waals surface area contributed by atoms with E-state index in [9.17, 15) is 0 Å². The Hall–Kier alpha value is -1.61. The Bertz CT molecular complexity index is 588. The van der Waals surface area contributed by atoms with Crippen LogP contribution in [0.5, 0.6) is 5.75 Å². The molecule has 3 rings (SSSR count). The third kappa shape index (κ3) is 2.56. The molecule has 0 unspecified atom stereocenters. The van der Waals surface area contributed by atoms with Gasteiger partial charge in [-0.1, -0.05) is 25.0 Å². The Morgan fingerprint density at radius 3 is 2.79 bits per heavy atom. The molecule has 3 nitrogen and oxygen atoms in total. The molecule has 0 amide bonds. The second kappa shape index (κ2) is 4.82. The molecule has 1 saturated carbocycles. The highest BCUT2D eigenvalue weighted by Gasteiger charge is 2.30. The van der Waals surface area contributed by atoms with Crippen molar-refractivity contribution >= 4 is 10.9 Å². The van der Waals surface area contributed by atoms with Crippen molar-refractivity contribution < 1.29 is 4.74 Å². The predicted molar refractivity (Wildman–Crippen MR) is 77.4 cm³/mol. The molecule has 2 N–H and O–H groups in total. The predicted octanol–water partition coefficient (Wildman–Crippen LogP) is 3.19. The lowest BCUT2D eigenvalue weighted by molar-refractivity contribution is 0.222. The Morgan fingerprint density at radius 1 is 1.26 bits per heavy atom. The first-order chi connectivity index (χ1) is 9.16. The lowest BCUT2D eigenvalue weighted by atomic mass is 10.0. The molecule has 1 aliphatic carbocycles. The number of pyridine rings is 1. The van der Waals surface area contributed by atoms with Gasteiger partial charge in [-0.05, 0) is 31.9 Å². The van der Waals surface area contributed by atoms with Crippen molar-refractivity contribution in [3.8, 4) is 5.75 Å². The summed E-state index contributed by atoms with van der Waals surface area (Å²) < 4.78 is 6.02. The zero-order chi connectivity index (χ0) is 13.3. The van der Waals surface area contributed by atoms with E-state index in [0.29, 0.717) is 6.61 Å². The van der Waals surface area contributed by atoms with Crippen molar-refractivity contribution in [3.05, 3.63) is 36.0 Å². The standard InChI is InChI=1S/C16H20N2O/c1-12-10-15(13-6-2-3-7-14(13)18-12)19-11-16(17)8-4-5-9-16/h2-3,6-7,10H,4-5,8-9,11,17H2,1H3. The van der Waals surface area contributed by atoms with Crippen LogP contribution in [0.2, 0.25) is 0 Å². The Kier molecular flexibility index (Phi) is 3.15. The minimum atomic E-state index is -0.141. The summed E-state index contributed by atoms with van der Waals surface area (Å²) in [6, 6.07) is 10.1. The van der Waals surface area contributed by atoms with Gasteiger partial charge in [-0.2, -0.15) is 0 Å². The first-order valence-electron chi connectivity index (χ1n) is 6.94. The Balaban J connectivity index is 1.87. The first-order valence-corrected chi connectivity index (χ1v) is 6.94. The molecule has 3 heteroatoms. The van der Waals surface area contributed by atoms with Gasteiger partial charge >= 0.3 is 0 Å². The Labute approximate surface area is 113 Å². The van der Waals surface area contributed by atoms with Crippen molar-refractivity contribution in [3.63, 3.8) is 0 Å². The molecule has 1 fully saturated rings. The summed E-state index contributed by atoms with van der Waals surface area (Å²) in [5, 5.41) is 1.06. The summed E-state index contributed by atoms with van der Waals surface area (Å²) in [5.74, 6) is 0.903. The molecular weight excluding hydrogens is 236 g/mol. The molecular formula is C16H20N2O. The number of fused-ring (bicyclic) bond motifs is 1. The molecule has 0 aliphatic heterocycles. The average Bonchev–Trinajstić information content (AvgIpc) is 2.83. The van der Waals surface area contributed by atoms with Crippen LogP contribution in [0, 0.1) is 6.92 Å². The maximum Gasteiger partial charge on any atom is 0.130 e. The van der Waals surface area contributed by atoms with Crippen LogP contribution in [0.1, 0.15) is 31.4 Å². The van der Waals surface area contributed by atoms with E-state index in [4.69, 9.17) is 10.5 Å². The molecule has 1 aromatic heterocycles. The maximum absolute atomic E-state index is 6.35. The van der Waals surface area contributed by atoms with Crippen LogP contribution in [0.3, 0.4) is 0 Å². The SMILES string of the molecule is Cc1cc(OCC2(N)CCCC2)c2ccccc2n1. The van der Waals surface area contributed by atoms with Gasteiger partial charge in [-0.15, -0.1) is 0 Å². The molecule has 0 radical (unpaired) electrons. The van der Waals surface area contributed by atoms with Crippen LogP contribution in [-0.4, -0.2) is 17.1 Å². The van der Waals surface area contributed by atoms with E-state index < -0.39 is 0 Å². The summed E-state index contributed by atoms with van der Waals surface area (Å²) in [5.41, 5.74) is 8.17. The number of benzene rings is 1. The van der Waals surface area contributed by atoms with E-state index in [1.807, 2.05) is 31.2 Å². The number of ether oxygens (including phenoxy) is 1. The van der Waals surface area contributed by atoms with Crippen LogP contribution < -0.4 is 10.5 Å². The van der Waals surface area contributed by atoms with Gasteiger partial charge in [0.1, 0.15) is 12.4 Å². The molecule has 1 aromatic carbocycles. The Morgan fingerprint density at radius 2 is 2.00 bits per heavy atom. The highest BCUT2D eigenvalue weighted by atomic mass is 16.5. The van der Waals surface area contributed by atoms with E-state index in [1.54, 1.807) is 0 Å². The second-order valence-electron chi connectivity index (χ2n) is 5.64. The van der Waals surface area contributed by atoms with Crippen LogP contribution >= 0.6 is 0 Å². The summed E-state index contributed by atoms with van der Waals surface area (Å²) in [7, 11) is 0. The van der Waals surface area contributed by atoms with Gasteiger partial charge in [0.2, 0.25) is 0 Å². The third-order valence-corrected chi connectivity index (χ3v) is 3.92. The molecule has 0 bridgehead atoms. The molecule has 19 heavy (non-hydrogen) atoms. The number of aryl methyl sites for hydroxylation is 1. The number of rotatable bonds is 3. The second-order valence-corrected chi connectivity index (χ2v) is 5.64. The van der Waals surface area contributed by atoms with Gasteiger partial charge in [-0.3, -0.25) is 4.98 Å².